The summed E-state index contributed by atoms with van der Waals surface area (Å²) in [6, 6.07) is 13.8. The number of anilines is 1. The highest BCUT2D eigenvalue weighted by Gasteiger charge is 2.25. The first kappa shape index (κ1) is 18.0. The Balaban J connectivity index is 2.08. The summed E-state index contributed by atoms with van der Waals surface area (Å²) in [7, 11) is 0. The van der Waals surface area contributed by atoms with Crippen LogP contribution in [-0.2, 0) is 0 Å². The van der Waals surface area contributed by atoms with E-state index >= 15 is 0 Å². The zero-order chi connectivity index (χ0) is 19.8. The molecule has 4 rings (SSSR count). The molecule has 142 valence electrons. The van der Waals surface area contributed by atoms with Crippen molar-refractivity contribution < 1.29 is 4.79 Å². The number of carbonyl (C=O) groups excluding carboxylic acids is 1. The van der Waals surface area contributed by atoms with Crippen LogP contribution in [-0.4, -0.2) is 27.0 Å². The predicted octanol–water partition coefficient (Wildman–Crippen LogP) is 3.91. The van der Waals surface area contributed by atoms with Crippen molar-refractivity contribution in [1.29, 1.82) is 0 Å². The van der Waals surface area contributed by atoms with Gasteiger partial charge in [-0.05, 0) is 49.6 Å². The highest BCUT2D eigenvalue weighted by atomic mass is 16.1. The molecule has 0 radical (unpaired) electrons. The summed E-state index contributed by atoms with van der Waals surface area (Å²) in [5, 5.41) is 2.92. The van der Waals surface area contributed by atoms with Crippen molar-refractivity contribution in [2.45, 2.75) is 27.2 Å². The largest absolute Gasteiger partial charge is 0.384 e. The number of nitrogens with zero attached hydrogens (tertiary/aromatic N) is 3. The minimum absolute atomic E-state index is 0.224. The molecule has 0 bridgehead atoms. The van der Waals surface area contributed by atoms with E-state index in [2.05, 4.69) is 17.4 Å². The average Bonchev–Trinajstić information content (AvgIpc) is 2.97. The lowest BCUT2D eigenvalue weighted by Crippen LogP contribution is -2.25. The Bertz CT molecular complexity index is 1210. The lowest BCUT2D eigenvalue weighted by molar-refractivity contribution is 0.0956. The molecule has 0 saturated heterocycles. The molecule has 4 aromatic rings. The maximum atomic E-state index is 12.9. The summed E-state index contributed by atoms with van der Waals surface area (Å²) in [4.78, 5) is 22.4. The summed E-state index contributed by atoms with van der Waals surface area (Å²) in [5.74, 6) is 0.130. The van der Waals surface area contributed by atoms with Gasteiger partial charge in [0.25, 0.3) is 5.91 Å². The molecule has 1 amide bonds. The lowest BCUT2D eigenvalue weighted by atomic mass is 10.1. The highest BCUT2D eigenvalue weighted by molar-refractivity contribution is 6.11. The van der Waals surface area contributed by atoms with Crippen LogP contribution in [0.25, 0.3) is 27.9 Å². The second-order valence-electron chi connectivity index (χ2n) is 7.03. The van der Waals surface area contributed by atoms with Crippen LogP contribution in [0.5, 0.6) is 0 Å². The van der Waals surface area contributed by atoms with E-state index in [1.54, 1.807) is 0 Å². The third-order valence-electron chi connectivity index (χ3n) is 4.87. The SMILES string of the molecule is CCCNC(=O)c1c(N)n(-c2cc(C)ccc2C)c2nc3ccccc3nc12. The predicted molar refractivity (Wildman–Crippen MR) is 113 cm³/mol. The van der Waals surface area contributed by atoms with Gasteiger partial charge in [0.05, 0.1) is 16.7 Å². The van der Waals surface area contributed by atoms with Crippen LogP contribution in [0.2, 0.25) is 0 Å². The van der Waals surface area contributed by atoms with Crippen LogP contribution < -0.4 is 11.1 Å². The van der Waals surface area contributed by atoms with Crippen molar-refractivity contribution >= 4 is 33.9 Å². The number of carbonyl (C=O) groups is 1. The van der Waals surface area contributed by atoms with Gasteiger partial charge >= 0.3 is 0 Å². The summed E-state index contributed by atoms with van der Waals surface area (Å²) >= 11 is 0. The average molecular weight is 373 g/mol. The van der Waals surface area contributed by atoms with E-state index in [4.69, 9.17) is 15.7 Å². The molecule has 0 saturated carbocycles. The molecule has 0 aliphatic rings. The van der Waals surface area contributed by atoms with Crippen molar-refractivity contribution in [2.75, 3.05) is 12.3 Å². The first-order valence-corrected chi connectivity index (χ1v) is 9.43. The van der Waals surface area contributed by atoms with Crippen molar-refractivity contribution in [3.63, 3.8) is 0 Å². The molecule has 3 N–H and O–H groups in total. The number of nitrogens with two attached hydrogens (primary N) is 1. The Labute approximate surface area is 163 Å². The number of aromatic nitrogens is 3. The number of rotatable bonds is 4. The molecule has 2 aromatic carbocycles. The lowest BCUT2D eigenvalue weighted by Gasteiger charge is -2.12. The number of hydrogen-bond acceptors (Lipinski definition) is 4. The summed E-state index contributed by atoms with van der Waals surface area (Å²) in [6.07, 6.45) is 0.843. The molecule has 0 aliphatic heterocycles. The first-order valence-electron chi connectivity index (χ1n) is 9.43. The molecule has 6 heteroatoms. The van der Waals surface area contributed by atoms with Crippen LogP contribution in [0.3, 0.4) is 0 Å². The third kappa shape index (κ3) is 2.87. The Kier molecular flexibility index (Phi) is 4.47. The minimum Gasteiger partial charge on any atom is -0.384 e. The van der Waals surface area contributed by atoms with Gasteiger partial charge in [-0.3, -0.25) is 9.36 Å². The fraction of sp³-hybridized carbons (Fsp3) is 0.227. The van der Waals surface area contributed by atoms with Crippen LogP contribution in [0.4, 0.5) is 5.82 Å². The van der Waals surface area contributed by atoms with Gasteiger partial charge in [0.2, 0.25) is 0 Å². The van der Waals surface area contributed by atoms with E-state index in [-0.39, 0.29) is 5.91 Å². The maximum absolute atomic E-state index is 12.9. The zero-order valence-corrected chi connectivity index (χ0v) is 16.3. The summed E-state index contributed by atoms with van der Waals surface area (Å²) < 4.78 is 1.85. The third-order valence-corrected chi connectivity index (χ3v) is 4.87. The molecule has 2 heterocycles. The standard InChI is InChI=1S/C22H23N5O/c1-4-11-24-22(28)18-19-21(26-16-8-6-5-7-15(16)25-19)27(20(18)23)17-12-13(2)9-10-14(17)3/h5-10,12H,4,11,23H2,1-3H3,(H,24,28). The molecule has 28 heavy (non-hydrogen) atoms. The fourth-order valence-corrected chi connectivity index (χ4v) is 3.42. The molecular weight excluding hydrogens is 350 g/mol. The van der Waals surface area contributed by atoms with E-state index in [1.165, 1.54) is 0 Å². The minimum atomic E-state index is -0.224. The van der Waals surface area contributed by atoms with Crippen molar-refractivity contribution in [1.82, 2.24) is 19.9 Å². The number of fused-ring (bicyclic) bond motifs is 2. The molecule has 0 unspecified atom stereocenters. The van der Waals surface area contributed by atoms with Gasteiger partial charge in [0, 0.05) is 6.54 Å². The Morgan fingerprint density at radius 1 is 1.11 bits per heavy atom. The van der Waals surface area contributed by atoms with Gasteiger partial charge < -0.3 is 11.1 Å². The van der Waals surface area contributed by atoms with Crippen LogP contribution in [0.15, 0.2) is 42.5 Å². The number of aryl methyl sites for hydroxylation is 2. The topological polar surface area (TPSA) is 85.8 Å². The van der Waals surface area contributed by atoms with Gasteiger partial charge in [-0.1, -0.05) is 31.2 Å². The van der Waals surface area contributed by atoms with Crippen LogP contribution in [0, 0.1) is 13.8 Å². The summed E-state index contributed by atoms with van der Waals surface area (Å²) in [5.41, 5.74) is 12.6. The van der Waals surface area contributed by atoms with Crippen molar-refractivity contribution in [3.8, 4) is 5.69 Å². The van der Waals surface area contributed by atoms with Gasteiger partial charge in [-0.2, -0.15) is 0 Å². The van der Waals surface area contributed by atoms with Crippen molar-refractivity contribution in [2.24, 2.45) is 0 Å². The normalized spacial score (nSPS) is 11.2. The fourth-order valence-electron chi connectivity index (χ4n) is 3.42. The molecule has 0 fully saturated rings. The van der Waals surface area contributed by atoms with E-state index < -0.39 is 0 Å². The van der Waals surface area contributed by atoms with Crippen LogP contribution >= 0.6 is 0 Å². The zero-order valence-electron chi connectivity index (χ0n) is 16.3. The first-order chi connectivity index (χ1) is 13.5. The number of nitrogen functional groups attached to an aromatic ring is 1. The number of benzene rings is 2. The van der Waals surface area contributed by atoms with Gasteiger partial charge in [0.1, 0.15) is 16.9 Å². The van der Waals surface area contributed by atoms with E-state index in [1.807, 2.05) is 55.7 Å². The molecule has 6 nitrogen and oxygen atoms in total. The second-order valence-corrected chi connectivity index (χ2v) is 7.03. The Morgan fingerprint density at radius 2 is 1.82 bits per heavy atom. The second kappa shape index (κ2) is 6.96. The van der Waals surface area contributed by atoms with Crippen LogP contribution in [0.1, 0.15) is 34.8 Å². The smallest absolute Gasteiger partial charge is 0.257 e. The van der Waals surface area contributed by atoms with Crippen molar-refractivity contribution in [3.05, 3.63) is 59.2 Å². The Hall–Kier alpha value is -3.41. The Morgan fingerprint density at radius 3 is 2.54 bits per heavy atom. The number of para-hydroxylation sites is 2. The molecule has 0 spiro atoms. The monoisotopic (exact) mass is 373 g/mol. The number of nitrogens with one attached hydrogen (secondary N) is 1. The van der Waals surface area contributed by atoms with E-state index in [0.29, 0.717) is 29.1 Å². The number of hydrogen-bond donors (Lipinski definition) is 2. The molecule has 0 atom stereocenters. The van der Waals surface area contributed by atoms with E-state index in [9.17, 15) is 4.79 Å². The van der Waals surface area contributed by atoms with Gasteiger partial charge in [0.15, 0.2) is 5.65 Å². The number of amides is 1. The molecular formula is C22H23N5O. The summed E-state index contributed by atoms with van der Waals surface area (Å²) in [6.45, 7) is 6.64. The highest BCUT2D eigenvalue weighted by Crippen LogP contribution is 2.32. The van der Waals surface area contributed by atoms with Gasteiger partial charge in [-0.15, -0.1) is 0 Å². The quantitative estimate of drug-likeness (QED) is 0.568. The maximum Gasteiger partial charge on any atom is 0.257 e. The van der Waals surface area contributed by atoms with Gasteiger partial charge in [-0.25, -0.2) is 9.97 Å². The van der Waals surface area contributed by atoms with E-state index in [0.717, 1.165) is 34.3 Å². The molecule has 2 aromatic heterocycles. The molecule has 0 aliphatic carbocycles.